The van der Waals surface area contributed by atoms with Crippen LogP contribution in [-0.2, 0) is 0 Å². The SMILES string of the molecule is CC(C)(N)CC(=O)c1cccnc1. The maximum absolute atomic E-state index is 11.5. The van der Waals surface area contributed by atoms with Gasteiger partial charge in [0.15, 0.2) is 5.78 Å². The van der Waals surface area contributed by atoms with Gasteiger partial charge < -0.3 is 5.73 Å². The van der Waals surface area contributed by atoms with Gasteiger partial charge in [-0.2, -0.15) is 0 Å². The zero-order chi connectivity index (χ0) is 9.90. The highest BCUT2D eigenvalue weighted by atomic mass is 16.1. The molecular formula is C10H14N2O. The van der Waals surface area contributed by atoms with Crippen LogP contribution in [0.5, 0.6) is 0 Å². The van der Waals surface area contributed by atoms with Crippen LogP contribution in [-0.4, -0.2) is 16.3 Å². The van der Waals surface area contributed by atoms with E-state index in [0.717, 1.165) is 0 Å². The Kier molecular flexibility index (Phi) is 2.78. The fourth-order valence-corrected chi connectivity index (χ4v) is 1.04. The van der Waals surface area contributed by atoms with Crippen LogP contribution in [0.1, 0.15) is 30.6 Å². The number of carbonyl (C=O) groups excluding carboxylic acids is 1. The van der Waals surface area contributed by atoms with E-state index in [2.05, 4.69) is 4.98 Å². The zero-order valence-electron chi connectivity index (χ0n) is 7.95. The first-order chi connectivity index (χ1) is 5.99. The van der Waals surface area contributed by atoms with E-state index in [4.69, 9.17) is 5.73 Å². The van der Waals surface area contributed by atoms with Crippen molar-refractivity contribution >= 4 is 5.78 Å². The number of hydrogen-bond acceptors (Lipinski definition) is 3. The number of carbonyl (C=O) groups is 1. The van der Waals surface area contributed by atoms with Gasteiger partial charge in [0.05, 0.1) is 0 Å². The van der Waals surface area contributed by atoms with Crippen LogP contribution in [0.15, 0.2) is 24.5 Å². The lowest BCUT2D eigenvalue weighted by molar-refractivity contribution is 0.0960. The van der Waals surface area contributed by atoms with Gasteiger partial charge in [-0.25, -0.2) is 0 Å². The highest BCUT2D eigenvalue weighted by Gasteiger charge is 2.17. The van der Waals surface area contributed by atoms with Gasteiger partial charge in [0, 0.05) is 29.9 Å². The van der Waals surface area contributed by atoms with Gasteiger partial charge >= 0.3 is 0 Å². The summed E-state index contributed by atoms with van der Waals surface area (Å²) in [6.07, 6.45) is 3.55. The molecule has 0 saturated heterocycles. The van der Waals surface area contributed by atoms with Gasteiger partial charge in [0.25, 0.3) is 0 Å². The molecule has 0 atom stereocenters. The molecule has 3 nitrogen and oxygen atoms in total. The molecule has 13 heavy (non-hydrogen) atoms. The van der Waals surface area contributed by atoms with Gasteiger partial charge in [0.2, 0.25) is 0 Å². The van der Waals surface area contributed by atoms with E-state index in [1.54, 1.807) is 24.5 Å². The Labute approximate surface area is 78.0 Å². The lowest BCUT2D eigenvalue weighted by Gasteiger charge is -2.16. The number of ketones is 1. The average Bonchev–Trinajstić information content (AvgIpc) is 2.03. The van der Waals surface area contributed by atoms with E-state index >= 15 is 0 Å². The summed E-state index contributed by atoms with van der Waals surface area (Å²) in [6.45, 7) is 3.67. The van der Waals surface area contributed by atoms with E-state index < -0.39 is 5.54 Å². The minimum absolute atomic E-state index is 0.0422. The Morgan fingerprint density at radius 1 is 1.62 bits per heavy atom. The van der Waals surface area contributed by atoms with Gasteiger partial charge in [-0.05, 0) is 26.0 Å². The van der Waals surface area contributed by atoms with Crippen LogP contribution in [0, 0.1) is 0 Å². The van der Waals surface area contributed by atoms with E-state index in [1.807, 2.05) is 13.8 Å². The van der Waals surface area contributed by atoms with Crippen LogP contribution in [0.2, 0.25) is 0 Å². The van der Waals surface area contributed by atoms with Crippen molar-refractivity contribution in [2.45, 2.75) is 25.8 Å². The Hall–Kier alpha value is -1.22. The lowest BCUT2D eigenvalue weighted by atomic mass is 9.96. The molecular weight excluding hydrogens is 164 g/mol. The van der Waals surface area contributed by atoms with Gasteiger partial charge in [-0.3, -0.25) is 9.78 Å². The summed E-state index contributed by atoms with van der Waals surface area (Å²) in [7, 11) is 0. The molecule has 0 aliphatic rings. The number of nitrogens with two attached hydrogens (primary N) is 1. The van der Waals surface area contributed by atoms with Crippen LogP contribution < -0.4 is 5.73 Å². The Bertz CT molecular complexity index is 288. The maximum Gasteiger partial charge on any atom is 0.166 e. The third-order valence-electron chi connectivity index (χ3n) is 1.60. The van der Waals surface area contributed by atoms with Crippen LogP contribution in [0.4, 0.5) is 0 Å². The fraction of sp³-hybridized carbons (Fsp3) is 0.400. The van der Waals surface area contributed by atoms with E-state index in [1.165, 1.54) is 0 Å². The van der Waals surface area contributed by atoms with Crippen LogP contribution in [0.25, 0.3) is 0 Å². The highest BCUT2D eigenvalue weighted by Crippen LogP contribution is 2.09. The smallest absolute Gasteiger partial charge is 0.166 e. The van der Waals surface area contributed by atoms with Gasteiger partial charge in [-0.15, -0.1) is 0 Å². The molecule has 1 aromatic rings. The second-order valence-corrected chi connectivity index (χ2v) is 3.83. The second kappa shape index (κ2) is 3.66. The predicted molar refractivity (Wildman–Crippen MR) is 51.5 cm³/mol. The zero-order valence-corrected chi connectivity index (χ0v) is 7.95. The summed E-state index contributed by atoms with van der Waals surface area (Å²) in [5.41, 5.74) is 5.91. The molecule has 0 aliphatic carbocycles. The third kappa shape index (κ3) is 3.34. The maximum atomic E-state index is 11.5. The first-order valence-electron chi connectivity index (χ1n) is 4.21. The van der Waals surface area contributed by atoms with Crippen molar-refractivity contribution in [1.82, 2.24) is 4.98 Å². The number of Topliss-reactive ketones (excluding diaryl/α,β-unsaturated/α-hetero) is 1. The van der Waals surface area contributed by atoms with Crippen LogP contribution in [0.3, 0.4) is 0 Å². The van der Waals surface area contributed by atoms with E-state index in [9.17, 15) is 4.79 Å². The number of aromatic nitrogens is 1. The molecule has 0 fully saturated rings. The van der Waals surface area contributed by atoms with E-state index in [0.29, 0.717) is 12.0 Å². The molecule has 0 aliphatic heterocycles. The minimum Gasteiger partial charge on any atom is -0.325 e. The van der Waals surface area contributed by atoms with Crippen molar-refractivity contribution in [3.8, 4) is 0 Å². The summed E-state index contributed by atoms with van der Waals surface area (Å²) in [5.74, 6) is 0.0422. The first kappa shape index (κ1) is 9.86. The minimum atomic E-state index is -0.451. The third-order valence-corrected chi connectivity index (χ3v) is 1.60. The van der Waals surface area contributed by atoms with Crippen molar-refractivity contribution in [3.63, 3.8) is 0 Å². The normalized spacial score (nSPS) is 11.3. The van der Waals surface area contributed by atoms with Crippen molar-refractivity contribution in [2.24, 2.45) is 5.73 Å². The predicted octanol–water partition coefficient (Wildman–Crippen LogP) is 1.39. The molecule has 1 rings (SSSR count). The van der Waals surface area contributed by atoms with Gasteiger partial charge in [-0.1, -0.05) is 0 Å². The highest BCUT2D eigenvalue weighted by molar-refractivity contribution is 5.96. The lowest BCUT2D eigenvalue weighted by Crippen LogP contribution is -2.34. The number of pyridine rings is 1. The molecule has 1 aromatic heterocycles. The number of nitrogens with zero attached hydrogens (tertiary/aromatic N) is 1. The molecule has 0 spiro atoms. The summed E-state index contributed by atoms with van der Waals surface area (Å²) < 4.78 is 0. The average molecular weight is 178 g/mol. The van der Waals surface area contributed by atoms with Gasteiger partial charge in [0.1, 0.15) is 0 Å². The Morgan fingerprint density at radius 2 is 2.31 bits per heavy atom. The molecule has 0 aromatic carbocycles. The van der Waals surface area contributed by atoms with Crippen molar-refractivity contribution in [3.05, 3.63) is 30.1 Å². The summed E-state index contributed by atoms with van der Waals surface area (Å²) >= 11 is 0. The Morgan fingerprint density at radius 3 is 2.77 bits per heavy atom. The number of rotatable bonds is 3. The summed E-state index contributed by atoms with van der Waals surface area (Å²) in [6, 6.07) is 3.50. The quantitative estimate of drug-likeness (QED) is 0.711. The molecule has 3 heteroatoms. The van der Waals surface area contributed by atoms with Crippen molar-refractivity contribution < 1.29 is 4.79 Å². The first-order valence-corrected chi connectivity index (χ1v) is 4.21. The molecule has 0 saturated carbocycles. The number of hydrogen-bond donors (Lipinski definition) is 1. The molecule has 70 valence electrons. The topological polar surface area (TPSA) is 56.0 Å². The molecule has 1 heterocycles. The second-order valence-electron chi connectivity index (χ2n) is 3.83. The largest absolute Gasteiger partial charge is 0.325 e. The molecule has 2 N–H and O–H groups in total. The molecule has 0 bridgehead atoms. The monoisotopic (exact) mass is 178 g/mol. The fourth-order valence-electron chi connectivity index (χ4n) is 1.04. The molecule has 0 radical (unpaired) electrons. The molecule has 0 amide bonds. The summed E-state index contributed by atoms with van der Waals surface area (Å²) in [5, 5.41) is 0. The summed E-state index contributed by atoms with van der Waals surface area (Å²) in [4.78, 5) is 15.4. The van der Waals surface area contributed by atoms with Crippen molar-refractivity contribution in [2.75, 3.05) is 0 Å². The van der Waals surface area contributed by atoms with Crippen molar-refractivity contribution in [1.29, 1.82) is 0 Å². The van der Waals surface area contributed by atoms with E-state index in [-0.39, 0.29) is 5.78 Å². The molecule has 0 unspecified atom stereocenters. The standard InChI is InChI=1S/C10H14N2O/c1-10(2,11)6-9(13)8-4-3-5-12-7-8/h3-5,7H,6,11H2,1-2H3. The Balaban J connectivity index is 2.71. The van der Waals surface area contributed by atoms with Crippen LogP contribution >= 0.6 is 0 Å².